The van der Waals surface area contributed by atoms with Gasteiger partial charge in [0.1, 0.15) is 11.1 Å². The largest absolute Gasteiger partial charge is 0.454 e. The van der Waals surface area contributed by atoms with Crippen LogP contribution in [0.5, 0.6) is 5.75 Å². The number of carbonyl (C=O) groups is 1. The number of amides is 1. The highest BCUT2D eigenvalue weighted by Crippen LogP contribution is 2.33. The van der Waals surface area contributed by atoms with Crippen LogP contribution in [-0.2, 0) is 5.41 Å². The number of halogens is 3. The number of alkyl halides is 3. The van der Waals surface area contributed by atoms with Crippen molar-refractivity contribution in [2.75, 3.05) is 5.32 Å². The molecule has 1 aromatic heterocycles. The van der Waals surface area contributed by atoms with Gasteiger partial charge in [0, 0.05) is 5.56 Å². The Bertz CT molecular complexity index is 979. The van der Waals surface area contributed by atoms with Crippen molar-refractivity contribution < 1.29 is 27.2 Å². The minimum absolute atomic E-state index is 0.0445. The molecule has 3 aromatic rings. The highest BCUT2D eigenvalue weighted by Gasteiger charge is 2.24. The Morgan fingerprint density at radius 2 is 1.79 bits per heavy atom. The van der Waals surface area contributed by atoms with E-state index < -0.39 is 18.7 Å². The first-order valence-electron chi connectivity index (χ1n) is 8.56. The molecular formula is C20H19F3N2O3. The van der Waals surface area contributed by atoms with Crippen LogP contribution in [0.4, 0.5) is 19.0 Å². The first kappa shape index (κ1) is 19.7. The minimum Gasteiger partial charge on any atom is -0.454 e. The molecule has 1 N–H and O–H groups in total. The van der Waals surface area contributed by atoms with Gasteiger partial charge in [-0.3, -0.25) is 4.79 Å². The summed E-state index contributed by atoms with van der Waals surface area (Å²) in [6.07, 6.45) is -6.12. The van der Waals surface area contributed by atoms with Gasteiger partial charge in [-0.2, -0.15) is 4.39 Å². The summed E-state index contributed by atoms with van der Waals surface area (Å²) < 4.78 is 48.0. The van der Waals surface area contributed by atoms with Crippen molar-refractivity contribution in [2.45, 2.75) is 39.0 Å². The van der Waals surface area contributed by atoms with Crippen molar-refractivity contribution in [1.29, 1.82) is 0 Å². The normalized spacial score (nSPS) is 13.0. The maximum Gasteiger partial charge on any atom is 0.304 e. The third kappa shape index (κ3) is 4.11. The van der Waals surface area contributed by atoms with Crippen LogP contribution >= 0.6 is 0 Å². The van der Waals surface area contributed by atoms with Gasteiger partial charge in [-0.05, 0) is 35.2 Å². The van der Waals surface area contributed by atoms with Gasteiger partial charge in [-0.25, -0.2) is 8.78 Å². The second-order valence-corrected chi connectivity index (χ2v) is 7.25. The molecule has 1 atom stereocenters. The van der Waals surface area contributed by atoms with E-state index in [0.29, 0.717) is 5.56 Å². The topological polar surface area (TPSA) is 64.4 Å². The molecule has 0 saturated heterocycles. The fraction of sp³-hybridized carbons (Fsp3) is 0.300. The maximum atomic E-state index is 13.3. The molecule has 0 radical (unpaired) electrons. The molecule has 2 aromatic carbocycles. The lowest BCUT2D eigenvalue weighted by molar-refractivity contribution is -0.0661. The van der Waals surface area contributed by atoms with Gasteiger partial charge < -0.3 is 14.6 Å². The van der Waals surface area contributed by atoms with E-state index in [1.54, 1.807) is 12.1 Å². The van der Waals surface area contributed by atoms with Crippen LogP contribution in [0.3, 0.4) is 0 Å². The molecule has 0 aliphatic heterocycles. The number of hydrogen-bond donors (Lipinski definition) is 1. The number of rotatable bonds is 5. The van der Waals surface area contributed by atoms with E-state index in [0.717, 1.165) is 5.56 Å². The Morgan fingerprint density at radius 3 is 2.39 bits per heavy atom. The number of benzene rings is 2. The standard InChI is InChI=1S/C20H19F3N2O3/c1-20(2,3)12-9-7-11(8-10-12)19(26)24-18-15-13(27-17(23)16(21)22)5-4-6-14(15)28-25-18/h4-10,16-17H,1-3H3,(H,24,25,26). The SMILES string of the molecule is CC(C)(C)c1ccc(C(=O)Nc2noc3cccc(OC(F)C(F)F)c23)cc1. The number of ether oxygens (including phenoxy) is 1. The van der Waals surface area contributed by atoms with Crippen LogP contribution in [0.25, 0.3) is 11.0 Å². The van der Waals surface area contributed by atoms with E-state index in [-0.39, 0.29) is 28.0 Å². The third-order valence-electron chi connectivity index (χ3n) is 4.14. The van der Waals surface area contributed by atoms with Gasteiger partial charge in [-0.1, -0.05) is 44.1 Å². The first-order chi connectivity index (χ1) is 13.2. The summed E-state index contributed by atoms with van der Waals surface area (Å²) in [5, 5.41) is 6.38. The zero-order chi connectivity index (χ0) is 20.5. The molecule has 1 unspecified atom stereocenters. The molecule has 8 heteroatoms. The Balaban J connectivity index is 1.87. The number of nitrogens with one attached hydrogen (secondary N) is 1. The molecule has 3 rings (SSSR count). The van der Waals surface area contributed by atoms with Crippen molar-refractivity contribution in [3.63, 3.8) is 0 Å². The van der Waals surface area contributed by atoms with E-state index in [9.17, 15) is 18.0 Å². The fourth-order valence-corrected chi connectivity index (χ4v) is 2.62. The summed E-state index contributed by atoms with van der Waals surface area (Å²) in [5.74, 6) is -0.724. The summed E-state index contributed by atoms with van der Waals surface area (Å²) in [5.41, 5.74) is 1.54. The van der Waals surface area contributed by atoms with Crippen LogP contribution in [0.1, 0.15) is 36.7 Å². The maximum absolute atomic E-state index is 13.3. The van der Waals surface area contributed by atoms with E-state index in [2.05, 4.69) is 36.0 Å². The van der Waals surface area contributed by atoms with Crippen molar-refractivity contribution in [3.05, 3.63) is 53.6 Å². The van der Waals surface area contributed by atoms with Gasteiger partial charge in [0.15, 0.2) is 11.4 Å². The van der Waals surface area contributed by atoms with Gasteiger partial charge in [0.2, 0.25) is 0 Å². The molecule has 0 bridgehead atoms. The third-order valence-corrected chi connectivity index (χ3v) is 4.14. The number of carbonyl (C=O) groups excluding carboxylic acids is 1. The summed E-state index contributed by atoms with van der Waals surface area (Å²) in [7, 11) is 0. The molecule has 0 spiro atoms. The fourth-order valence-electron chi connectivity index (χ4n) is 2.62. The Kier molecular flexibility index (Phi) is 5.31. The molecule has 0 fully saturated rings. The Labute approximate surface area is 159 Å². The average molecular weight is 392 g/mol. The predicted molar refractivity (Wildman–Crippen MR) is 98.6 cm³/mol. The molecule has 1 heterocycles. The molecule has 0 saturated carbocycles. The molecule has 1 amide bonds. The van der Waals surface area contributed by atoms with E-state index in [1.807, 2.05) is 12.1 Å². The van der Waals surface area contributed by atoms with Crippen LogP contribution in [0, 0.1) is 0 Å². The summed E-state index contributed by atoms with van der Waals surface area (Å²) in [4.78, 5) is 12.5. The van der Waals surface area contributed by atoms with Crippen LogP contribution in [0.2, 0.25) is 0 Å². The lowest BCUT2D eigenvalue weighted by atomic mass is 9.87. The number of nitrogens with zero attached hydrogens (tertiary/aromatic N) is 1. The quantitative estimate of drug-likeness (QED) is 0.639. The van der Waals surface area contributed by atoms with Crippen LogP contribution in [0.15, 0.2) is 47.0 Å². The van der Waals surface area contributed by atoms with Crippen LogP contribution < -0.4 is 10.1 Å². The highest BCUT2D eigenvalue weighted by atomic mass is 19.3. The molecule has 148 valence electrons. The van der Waals surface area contributed by atoms with E-state index >= 15 is 0 Å². The second-order valence-electron chi connectivity index (χ2n) is 7.25. The summed E-state index contributed by atoms with van der Waals surface area (Å²) >= 11 is 0. The predicted octanol–water partition coefficient (Wildman–Crippen LogP) is 5.32. The lowest BCUT2D eigenvalue weighted by Gasteiger charge is -2.19. The molecule has 0 aliphatic rings. The smallest absolute Gasteiger partial charge is 0.304 e. The van der Waals surface area contributed by atoms with E-state index in [4.69, 9.17) is 4.52 Å². The average Bonchev–Trinajstić information content (AvgIpc) is 3.05. The van der Waals surface area contributed by atoms with Gasteiger partial charge in [0.25, 0.3) is 12.3 Å². The highest BCUT2D eigenvalue weighted by molar-refractivity contribution is 6.08. The molecule has 28 heavy (non-hydrogen) atoms. The summed E-state index contributed by atoms with van der Waals surface area (Å²) in [6.45, 7) is 6.17. The van der Waals surface area contributed by atoms with Crippen molar-refractivity contribution in [2.24, 2.45) is 0 Å². The summed E-state index contributed by atoms with van der Waals surface area (Å²) in [6, 6.07) is 11.3. The Hall–Kier alpha value is -3.03. The van der Waals surface area contributed by atoms with Gasteiger partial charge in [-0.15, -0.1) is 0 Å². The number of fused-ring (bicyclic) bond motifs is 1. The second kappa shape index (κ2) is 7.53. The van der Waals surface area contributed by atoms with Gasteiger partial charge >= 0.3 is 6.43 Å². The minimum atomic E-state index is -3.31. The van der Waals surface area contributed by atoms with Crippen molar-refractivity contribution in [1.82, 2.24) is 5.16 Å². The van der Waals surface area contributed by atoms with E-state index in [1.165, 1.54) is 18.2 Å². The lowest BCUT2D eigenvalue weighted by Crippen LogP contribution is -2.19. The number of anilines is 1. The zero-order valence-electron chi connectivity index (χ0n) is 15.5. The number of aromatic nitrogens is 1. The van der Waals surface area contributed by atoms with Crippen molar-refractivity contribution >= 4 is 22.7 Å². The zero-order valence-corrected chi connectivity index (χ0v) is 15.5. The Morgan fingerprint density at radius 1 is 1.11 bits per heavy atom. The number of hydrogen-bond acceptors (Lipinski definition) is 4. The molecule has 5 nitrogen and oxygen atoms in total. The van der Waals surface area contributed by atoms with Crippen LogP contribution in [-0.4, -0.2) is 23.8 Å². The monoisotopic (exact) mass is 392 g/mol. The van der Waals surface area contributed by atoms with Gasteiger partial charge in [0.05, 0.1) is 0 Å². The molecule has 0 aliphatic carbocycles. The first-order valence-corrected chi connectivity index (χ1v) is 8.56. The van der Waals surface area contributed by atoms with Crippen molar-refractivity contribution in [3.8, 4) is 5.75 Å². The molecular weight excluding hydrogens is 373 g/mol.